The smallest absolute Gasteiger partial charge is 0.274 e. The molecule has 20 aromatic rings. The minimum Gasteiger partial charge on any atom is -0.341 e. The van der Waals surface area contributed by atoms with Crippen LogP contribution in [0.25, 0.3) is 54.5 Å². The Balaban J connectivity index is 0.000000123. The summed E-state index contributed by atoms with van der Waals surface area (Å²) in [5.41, 5.74) is 27.1. The first-order valence-electron chi connectivity index (χ1n) is 44.9. The summed E-state index contributed by atoms with van der Waals surface area (Å²) in [5.74, 6) is -3.05. The van der Waals surface area contributed by atoms with Gasteiger partial charge in [0.25, 0.3) is 29.5 Å². The van der Waals surface area contributed by atoms with Crippen molar-refractivity contribution >= 4 is 124 Å². The van der Waals surface area contributed by atoms with Gasteiger partial charge in [-0.2, -0.15) is 0 Å². The van der Waals surface area contributed by atoms with Crippen molar-refractivity contribution < 1.29 is 32.8 Å². The normalized spacial score (nSPS) is 10.9. The average Bonchev–Trinajstić information content (AvgIpc) is 1.66. The number of nitrogens with zero attached hydrogens (tertiary/aromatic N) is 6. The minimum atomic E-state index is -1.05. The lowest BCUT2D eigenvalue weighted by Gasteiger charge is -2.06. The van der Waals surface area contributed by atoms with Gasteiger partial charge in [0.1, 0.15) is 5.69 Å². The van der Waals surface area contributed by atoms with Crippen LogP contribution in [0.15, 0.2) is 383 Å². The van der Waals surface area contributed by atoms with E-state index in [0.29, 0.717) is 33.9 Å². The van der Waals surface area contributed by atoms with E-state index >= 15 is 0 Å². The van der Waals surface area contributed by atoms with Gasteiger partial charge in [0, 0.05) is 124 Å². The number of hydrogen-bond acceptors (Lipinski definition) is 6. The van der Waals surface area contributed by atoms with Gasteiger partial charge >= 0.3 is 0 Å². The van der Waals surface area contributed by atoms with Crippen molar-refractivity contribution in [1.29, 1.82) is 0 Å². The third-order valence-corrected chi connectivity index (χ3v) is 23.9. The topological polar surface area (TPSA) is 183 Å². The highest BCUT2D eigenvalue weighted by Gasteiger charge is 2.21. The fourth-order valence-electron chi connectivity index (χ4n) is 16.3. The van der Waals surface area contributed by atoms with Crippen molar-refractivity contribution in [3.05, 3.63) is 500 Å². The van der Waals surface area contributed by atoms with Crippen LogP contribution in [0.2, 0.25) is 5.02 Å². The highest BCUT2D eigenvalue weighted by Crippen LogP contribution is 2.35. The highest BCUT2D eigenvalue weighted by atomic mass is 35.5. The third-order valence-electron chi connectivity index (χ3n) is 23.7. The van der Waals surface area contributed by atoms with E-state index in [1.165, 1.54) is 62.3 Å². The van der Waals surface area contributed by atoms with Gasteiger partial charge in [-0.25, -0.2) is 8.78 Å². The third kappa shape index (κ3) is 23.1. The summed E-state index contributed by atoms with van der Waals surface area (Å²) >= 11 is 5.97. The average molecular weight is 1820 g/mol. The Morgan fingerprint density at radius 1 is 0.265 bits per heavy atom. The molecule has 136 heavy (non-hydrogen) atoms. The molecule has 5 amide bonds. The number of benzene rings is 14. The summed E-state index contributed by atoms with van der Waals surface area (Å²) < 4.78 is 37.3. The number of rotatable bonds is 20. The number of aromatic nitrogens is 6. The van der Waals surface area contributed by atoms with Crippen molar-refractivity contribution in [2.45, 2.75) is 88.1 Å². The molecule has 0 saturated carbocycles. The summed E-state index contributed by atoms with van der Waals surface area (Å²) in [5, 5.41) is 20.5. The molecule has 6 aromatic heterocycles. The molecule has 0 unspecified atom stereocenters. The molecule has 5 N–H and O–H groups in total. The van der Waals surface area contributed by atoms with Crippen LogP contribution in [0, 0.1) is 67.0 Å². The van der Waals surface area contributed by atoms with Gasteiger partial charge in [0.15, 0.2) is 11.6 Å². The molecule has 0 saturated heterocycles. The first kappa shape index (κ1) is 92.7. The lowest BCUT2D eigenvalue weighted by molar-refractivity contribution is 0.101. The second-order valence-electron chi connectivity index (χ2n) is 34.2. The van der Waals surface area contributed by atoms with E-state index in [4.69, 9.17) is 11.6 Å². The molecule has 0 aliphatic carbocycles. The Morgan fingerprint density at radius 2 is 0.551 bits per heavy atom. The standard InChI is InChI=1S/3C24H22N2O.C23H18F2N2O.C22H18ClN3O/c1-17-10-12-19(13-11-17)15-26-16-22(21-8-3-4-9-23(21)26)25-24(27)20-7-5-6-18(2)14-20;1-17-11-13-19(14-12-17)15-26-16-22(21-9-5-6-10-23(21)26)25-24(27)20-8-4-3-7-18(20)2;1-17-7-11-19(12-8-17)15-26-16-22(21-5-3-4-6-23(21)26)25-24(27)20-13-9-18(2)10-14-20;1-15-6-8-16(9-7-15)13-27-14-21(18-4-2-3-5-22(18)27)26-23(28)17-10-11-19(24)20(25)12-17;1-15-6-8-16(9-7-15)13-26-14-20(18-4-2-3-5-21(18)26)25-22(27)19-12-17(23)10-11-24-19/h3*3-14,16H,15H2,1-2H3,(H,25,27);2-12,14H,13H2,1H3,(H,26,28);2-12,14H,13H2,1H3,(H,25,27). The van der Waals surface area contributed by atoms with Crippen LogP contribution in [-0.4, -0.2) is 57.4 Å². The molecule has 19 heteroatoms. The lowest BCUT2D eigenvalue weighted by atomic mass is 10.1. The molecule has 14 aromatic carbocycles. The predicted octanol–water partition coefficient (Wildman–Crippen LogP) is 27.5. The zero-order valence-electron chi connectivity index (χ0n) is 76.8. The van der Waals surface area contributed by atoms with Gasteiger partial charge in [-0.15, -0.1) is 0 Å². The summed E-state index contributed by atoms with van der Waals surface area (Å²) in [4.78, 5) is 67.3. The maximum atomic E-state index is 13.4. The van der Waals surface area contributed by atoms with E-state index in [2.05, 4.69) is 234 Å². The number of pyridine rings is 1. The minimum absolute atomic E-state index is 0.0641. The summed E-state index contributed by atoms with van der Waals surface area (Å²) in [6.07, 6.45) is 11.4. The van der Waals surface area contributed by atoms with Crippen molar-refractivity contribution in [3.63, 3.8) is 0 Å². The molecular formula is C117H102ClF2N11O5. The van der Waals surface area contributed by atoms with Crippen LogP contribution >= 0.6 is 11.6 Å². The SMILES string of the molecule is Cc1ccc(Cn2cc(NC(=O)c3cc(Cl)ccn3)c3ccccc32)cc1.Cc1ccc(Cn2cc(NC(=O)c3ccc(C)cc3)c3ccccc32)cc1.Cc1ccc(Cn2cc(NC(=O)c3ccc(F)c(F)c3)c3ccccc32)cc1.Cc1ccc(Cn2cc(NC(=O)c3cccc(C)c3)c3ccccc32)cc1.Cc1ccc(Cn2cc(NC(=O)c3ccccc3C)c3ccccc32)cc1. The number of nitrogens with one attached hydrogen (secondary N) is 5. The number of hydrogen-bond donors (Lipinski definition) is 5. The van der Waals surface area contributed by atoms with Crippen molar-refractivity contribution in [2.24, 2.45) is 0 Å². The highest BCUT2D eigenvalue weighted by molar-refractivity contribution is 6.31. The first-order chi connectivity index (χ1) is 65.9. The summed E-state index contributed by atoms with van der Waals surface area (Å²) in [6.45, 7) is 20.0. The van der Waals surface area contributed by atoms with Crippen LogP contribution in [0.1, 0.15) is 124 Å². The van der Waals surface area contributed by atoms with Gasteiger partial charge in [0.2, 0.25) is 0 Å². The molecule has 0 radical (unpaired) electrons. The van der Waals surface area contributed by atoms with E-state index in [1.807, 2.05) is 222 Å². The fraction of sp³-hybridized carbons (Fsp3) is 0.111. The van der Waals surface area contributed by atoms with Gasteiger partial charge < -0.3 is 49.4 Å². The van der Waals surface area contributed by atoms with Gasteiger partial charge in [-0.3, -0.25) is 29.0 Å². The van der Waals surface area contributed by atoms with E-state index < -0.39 is 17.5 Å². The van der Waals surface area contributed by atoms with Crippen molar-refractivity contribution in [1.82, 2.24) is 27.8 Å². The number of carbonyl (C=O) groups excluding carboxylic acids is 5. The van der Waals surface area contributed by atoms with Gasteiger partial charge in [0.05, 0.1) is 56.0 Å². The maximum absolute atomic E-state index is 13.4. The second kappa shape index (κ2) is 42.8. The molecule has 0 aliphatic heterocycles. The number of halogens is 3. The quantitative estimate of drug-likeness (QED) is 0.0506. The monoisotopic (exact) mass is 1810 g/mol. The molecular weight excluding hydrogens is 1710 g/mol. The number of para-hydroxylation sites is 5. The Hall–Kier alpha value is -16.6. The molecule has 0 aliphatic rings. The van der Waals surface area contributed by atoms with E-state index in [1.54, 1.807) is 12.1 Å². The Labute approximate surface area is 794 Å². The number of aryl methyl sites for hydroxylation is 8. The van der Waals surface area contributed by atoms with Crippen molar-refractivity contribution in [3.8, 4) is 0 Å². The molecule has 676 valence electrons. The largest absolute Gasteiger partial charge is 0.341 e. The maximum Gasteiger partial charge on any atom is 0.274 e. The fourth-order valence-corrected chi connectivity index (χ4v) is 16.4. The predicted molar refractivity (Wildman–Crippen MR) is 550 cm³/mol. The summed E-state index contributed by atoms with van der Waals surface area (Å²) in [6, 6.07) is 112. The molecule has 20 rings (SSSR count). The van der Waals surface area contributed by atoms with Crippen LogP contribution in [-0.2, 0) is 32.7 Å². The molecule has 0 bridgehead atoms. The molecule has 0 spiro atoms. The van der Waals surface area contributed by atoms with Crippen LogP contribution in [0.4, 0.5) is 37.2 Å². The van der Waals surface area contributed by atoms with Gasteiger partial charge in [-0.05, 0) is 180 Å². The number of amides is 5. The van der Waals surface area contributed by atoms with E-state index in [-0.39, 0.29) is 34.9 Å². The van der Waals surface area contributed by atoms with E-state index in [0.717, 1.165) is 138 Å². The Bertz CT molecular complexity index is 7520. The first-order valence-corrected chi connectivity index (χ1v) is 45.3. The van der Waals surface area contributed by atoms with Crippen LogP contribution in [0.5, 0.6) is 0 Å². The van der Waals surface area contributed by atoms with Crippen LogP contribution in [0.3, 0.4) is 0 Å². The Morgan fingerprint density at radius 3 is 0.875 bits per heavy atom. The Kier molecular flexibility index (Phi) is 29.1. The van der Waals surface area contributed by atoms with E-state index in [9.17, 15) is 32.8 Å². The number of anilines is 5. The lowest BCUT2D eigenvalue weighted by Crippen LogP contribution is -2.13. The second-order valence-corrected chi connectivity index (χ2v) is 34.6. The zero-order chi connectivity index (χ0) is 94.9. The number of fused-ring (bicyclic) bond motifs is 5. The molecule has 0 atom stereocenters. The number of carbonyl (C=O) groups is 5. The molecule has 16 nitrogen and oxygen atoms in total. The van der Waals surface area contributed by atoms with Gasteiger partial charge in [-0.1, -0.05) is 305 Å². The van der Waals surface area contributed by atoms with Crippen molar-refractivity contribution in [2.75, 3.05) is 26.6 Å². The molecule has 6 heterocycles. The summed E-state index contributed by atoms with van der Waals surface area (Å²) in [7, 11) is 0. The van der Waals surface area contributed by atoms with Crippen LogP contribution < -0.4 is 26.6 Å². The zero-order valence-corrected chi connectivity index (χ0v) is 77.5. The molecule has 0 fully saturated rings.